The fraction of sp³-hybridized carbons (Fsp3) is 0. The molecule has 0 fully saturated rings. The highest BCUT2D eigenvalue weighted by molar-refractivity contribution is 5.61. The average molecular weight is 203 g/mol. The van der Waals surface area contributed by atoms with Gasteiger partial charge in [-0.3, -0.25) is 0 Å². The summed E-state index contributed by atoms with van der Waals surface area (Å²) in [6, 6.07) is 9.22. The summed E-state index contributed by atoms with van der Waals surface area (Å²) in [5.41, 5.74) is 1.07. The number of para-hydroxylation sites is 1. The lowest BCUT2D eigenvalue weighted by molar-refractivity contribution is 0.394. The Morgan fingerprint density at radius 2 is 1.93 bits per heavy atom. The van der Waals surface area contributed by atoms with E-state index in [9.17, 15) is 4.79 Å². The molecular formula is C9H5N3O3. The van der Waals surface area contributed by atoms with Crippen LogP contribution in [0.2, 0.25) is 0 Å². The predicted octanol–water partition coefficient (Wildman–Crippen LogP) is 0.967. The summed E-state index contributed by atoms with van der Waals surface area (Å²) in [5.74, 6) is -0.778. The third-order valence-electron chi connectivity index (χ3n) is 1.96. The van der Waals surface area contributed by atoms with E-state index >= 15 is 0 Å². The molecule has 2 heterocycles. The number of hydrogen-bond donors (Lipinski definition) is 0. The highest BCUT2D eigenvalue weighted by Crippen LogP contribution is 2.13. The smallest absolute Gasteiger partial charge is 0.369 e. The van der Waals surface area contributed by atoms with E-state index in [1.54, 1.807) is 0 Å². The van der Waals surface area contributed by atoms with Crippen LogP contribution in [0.5, 0.6) is 0 Å². The van der Waals surface area contributed by atoms with Crippen LogP contribution in [0.1, 0.15) is 0 Å². The molecule has 0 amide bonds. The zero-order valence-electron chi connectivity index (χ0n) is 7.45. The summed E-state index contributed by atoms with van der Waals surface area (Å²) in [4.78, 5) is 10.8. The molecule has 0 aliphatic heterocycles. The number of aromatic nitrogens is 3. The maximum absolute atomic E-state index is 10.8. The van der Waals surface area contributed by atoms with Crippen LogP contribution in [-0.2, 0) is 0 Å². The summed E-state index contributed by atoms with van der Waals surface area (Å²) >= 11 is 0. The van der Waals surface area contributed by atoms with Gasteiger partial charge in [-0.05, 0) is 12.1 Å². The first-order valence-corrected chi connectivity index (χ1v) is 4.25. The van der Waals surface area contributed by atoms with Gasteiger partial charge in [-0.1, -0.05) is 28.5 Å². The topological polar surface area (TPSA) is 74.1 Å². The third-order valence-corrected chi connectivity index (χ3v) is 1.96. The molecule has 6 nitrogen and oxygen atoms in total. The van der Waals surface area contributed by atoms with E-state index in [0.717, 1.165) is 5.69 Å². The Bertz CT molecular complexity index is 650. The fourth-order valence-electron chi connectivity index (χ4n) is 1.33. The molecule has 0 saturated carbocycles. The van der Waals surface area contributed by atoms with Crippen molar-refractivity contribution in [3.63, 3.8) is 0 Å². The van der Waals surface area contributed by atoms with Gasteiger partial charge >= 0.3 is 11.5 Å². The molecule has 0 unspecified atom stereocenters. The van der Waals surface area contributed by atoms with E-state index in [0.29, 0.717) is 0 Å². The number of hydrogen-bond acceptors (Lipinski definition) is 5. The van der Waals surface area contributed by atoms with Crippen LogP contribution >= 0.6 is 0 Å². The van der Waals surface area contributed by atoms with Crippen molar-refractivity contribution in [3.8, 4) is 5.69 Å². The van der Waals surface area contributed by atoms with E-state index < -0.39 is 5.82 Å². The summed E-state index contributed by atoms with van der Waals surface area (Å²) in [7, 11) is 0. The molecule has 0 N–H and O–H groups in total. The molecule has 74 valence electrons. The van der Waals surface area contributed by atoms with Gasteiger partial charge in [0.05, 0.1) is 5.69 Å². The van der Waals surface area contributed by atoms with Crippen LogP contribution in [-0.4, -0.2) is 15.0 Å². The molecule has 15 heavy (non-hydrogen) atoms. The number of nitrogens with zero attached hydrogens (tertiary/aromatic N) is 3. The van der Waals surface area contributed by atoms with E-state index in [4.69, 9.17) is 4.42 Å². The fourth-order valence-corrected chi connectivity index (χ4v) is 1.33. The number of fused-ring (bicyclic) bond motifs is 1. The van der Waals surface area contributed by atoms with E-state index in [1.807, 2.05) is 30.3 Å². The Morgan fingerprint density at radius 3 is 2.73 bits per heavy atom. The van der Waals surface area contributed by atoms with Gasteiger partial charge in [-0.25, -0.2) is 4.79 Å². The van der Waals surface area contributed by atoms with Crippen LogP contribution in [0.15, 0.2) is 44.0 Å². The highest BCUT2D eigenvalue weighted by Gasteiger charge is 2.13. The molecule has 2 aromatic heterocycles. The van der Waals surface area contributed by atoms with Gasteiger partial charge in [0.2, 0.25) is 0 Å². The Morgan fingerprint density at radius 1 is 1.13 bits per heavy atom. The van der Waals surface area contributed by atoms with E-state index in [2.05, 4.69) is 14.7 Å². The van der Waals surface area contributed by atoms with Gasteiger partial charge < -0.3 is 8.83 Å². The first-order valence-electron chi connectivity index (χ1n) is 4.25. The second-order valence-electron chi connectivity index (χ2n) is 2.90. The van der Waals surface area contributed by atoms with E-state index in [1.165, 1.54) is 4.68 Å². The van der Waals surface area contributed by atoms with Crippen molar-refractivity contribution < 1.29 is 8.83 Å². The molecular weight excluding hydrogens is 198 g/mol. The minimum Gasteiger partial charge on any atom is -0.369 e. The molecule has 0 spiro atoms. The summed E-state index contributed by atoms with van der Waals surface area (Å²) in [5, 5.41) is 7.48. The van der Waals surface area contributed by atoms with E-state index in [-0.39, 0.29) is 11.4 Å². The lowest BCUT2D eigenvalue weighted by atomic mass is 10.3. The monoisotopic (exact) mass is 203 g/mol. The van der Waals surface area contributed by atoms with Crippen molar-refractivity contribution in [2.75, 3.05) is 0 Å². The summed E-state index contributed by atoms with van der Waals surface area (Å²) in [6.45, 7) is 0. The third kappa shape index (κ3) is 1.15. The minimum atomic E-state index is -0.778. The Labute approximate surface area is 82.7 Å². The molecule has 1 aromatic carbocycles. The largest absolute Gasteiger partial charge is 0.522 e. The van der Waals surface area contributed by atoms with Gasteiger partial charge in [-0.15, -0.1) is 0 Å². The zero-order chi connectivity index (χ0) is 10.3. The predicted molar refractivity (Wildman–Crippen MR) is 49.7 cm³/mol. The van der Waals surface area contributed by atoms with Crippen molar-refractivity contribution in [2.45, 2.75) is 0 Å². The van der Waals surface area contributed by atoms with Crippen molar-refractivity contribution in [1.82, 2.24) is 15.0 Å². The van der Waals surface area contributed by atoms with Crippen LogP contribution in [0.25, 0.3) is 17.1 Å². The highest BCUT2D eigenvalue weighted by atomic mass is 16.6. The van der Waals surface area contributed by atoms with Gasteiger partial charge in [0, 0.05) is 0 Å². The lowest BCUT2D eigenvalue weighted by Crippen LogP contribution is -1.97. The van der Waals surface area contributed by atoms with Gasteiger partial charge in [-0.2, -0.15) is 4.68 Å². The first kappa shape index (κ1) is 7.98. The SMILES string of the molecule is O=c1oc2nnn(-c3ccccc3)c2o1. The molecule has 0 atom stereocenters. The minimum absolute atomic E-state index is 0.101. The van der Waals surface area contributed by atoms with Crippen LogP contribution in [0.3, 0.4) is 0 Å². The van der Waals surface area contributed by atoms with Crippen LogP contribution in [0.4, 0.5) is 0 Å². The Kier molecular flexibility index (Phi) is 1.49. The maximum Gasteiger partial charge on any atom is 0.522 e. The quantitative estimate of drug-likeness (QED) is 0.589. The summed E-state index contributed by atoms with van der Waals surface area (Å²) < 4.78 is 10.9. The number of rotatable bonds is 1. The zero-order valence-corrected chi connectivity index (χ0v) is 7.45. The molecule has 3 rings (SSSR count). The standard InChI is InChI=1S/C9H5N3O3/c13-9-14-7-8(15-9)12(11-10-7)6-4-2-1-3-5-6/h1-5H. The summed E-state index contributed by atoms with van der Waals surface area (Å²) in [6.07, 6.45) is 0. The maximum atomic E-state index is 10.8. The van der Waals surface area contributed by atoms with Gasteiger partial charge in [0.15, 0.2) is 0 Å². The van der Waals surface area contributed by atoms with Crippen molar-refractivity contribution in [2.24, 2.45) is 0 Å². The van der Waals surface area contributed by atoms with Gasteiger partial charge in [0.1, 0.15) is 0 Å². The molecule has 0 radical (unpaired) electrons. The van der Waals surface area contributed by atoms with Crippen molar-refractivity contribution >= 4 is 11.4 Å². The van der Waals surface area contributed by atoms with Crippen molar-refractivity contribution in [3.05, 3.63) is 40.9 Å². The molecule has 0 aliphatic carbocycles. The second-order valence-corrected chi connectivity index (χ2v) is 2.90. The lowest BCUT2D eigenvalue weighted by Gasteiger charge is -1.96. The first-order chi connectivity index (χ1) is 7.34. The number of benzene rings is 1. The Balaban J connectivity index is 2.31. The van der Waals surface area contributed by atoms with Gasteiger partial charge in [0.25, 0.3) is 5.71 Å². The molecule has 6 heteroatoms. The second kappa shape index (κ2) is 2.81. The van der Waals surface area contributed by atoms with Crippen molar-refractivity contribution in [1.29, 1.82) is 0 Å². The molecule has 0 bridgehead atoms. The molecule has 3 aromatic rings. The molecule has 0 saturated heterocycles. The van der Waals surface area contributed by atoms with Crippen LogP contribution in [0, 0.1) is 0 Å². The Hall–Kier alpha value is -2.37. The molecule has 0 aliphatic rings. The normalized spacial score (nSPS) is 10.9. The van der Waals surface area contributed by atoms with Crippen LogP contribution < -0.4 is 5.82 Å². The average Bonchev–Trinajstić information content (AvgIpc) is 2.77.